The predicted molar refractivity (Wildman–Crippen MR) is 64.6 cm³/mol. The Hall–Kier alpha value is -1.24. The van der Waals surface area contributed by atoms with Crippen LogP contribution < -0.4 is 0 Å². The normalized spacial score (nSPS) is 10.3. The molecule has 0 fully saturated rings. The van der Waals surface area contributed by atoms with Crippen LogP contribution in [0.3, 0.4) is 0 Å². The highest BCUT2D eigenvalue weighted by Gasteiger charge is 2.08. The maximum atomic E-state index is 11.4. The van der Waals surface area contributed by atoms with E-state index in [0.29, 0.717) is 19.8 Å². The summed E-state index contributed by atoms with van der Waals surface area (Å²) < 4.78 is 15.0. The van der Waals surface area contributed by atoms with Gasteiger partial charge >= 0.3 is 5.97 Å². The first-order valence-corrected chi connectivity index (χ1v) is 5.83. The number of aromatic nitrogens is 2. The quantitative estimate of drug-likeness (QED) is 0.526. The first-order valence-electron chi connectivity index (χ1n) is 5.45. The first kappa shape index (κ1) is 14.8. The lowest BCUT2D eigenvalue weighted by atomic mass is 10.4. The minimum atomic E-state index is -0.542. The molecule has 0 aromatic carbocycles. The van der Waals surface area contributed by atoms with Gasteiger partial charge in [0.05, 0.1) is 19.0 Å². The molecule has 0 radical (unpaired) electrons. The van der Waals surface area contributed by atoms with E-state index in [2.05, 4.69) is 9.97 Å². The van der Waals surface area contributed by atoms with Crippen molar-refractivity contribution in [1.29, 1.82) is 0 Å². The fraction of sp³-hybridized carbons (Fsp3) is 0.545. The highest BCUT2D eigenvalue weighted by molar-refractivity contribution is 6.29. The third-order valence-corrected chi connectivity index (χ3v) is 2.12. The molecule has 100 valence electrons. The third kappa shape index (κ3) is 5.90. The maximum Gasteiger partial charge on any atom is 0.358 e. The summed E-state index contributed by atoms with van der Waals surface area (Å²) in [5, 5.41) is 0.230. The standard InChI is InChI=1S/C11H15ClN2O4/c1-16-3-2-4-17-5-6-18-11(15)9-7-14-10(12)8-13-9/h7-8H,2-6H2,1H3. The molecule has 1 heterocycles. The van der Waals surface area contributed by atoms with Crippen molar-refractivity contribution in [3.63, 3.8) is 0 Å². The molecule has 0 saturated carbocycles. The Morgan fingerprint density at radius 1 is 1.22 bits per heavy atom. The zero-order valence-electron chi connectivity index (χ0n) is 10.1. The zero-order chi connectivity index (χ0) is 13.2. The molecule has 0 aliphatic rings. The number of halogens is 1. The van der Waals surface area contributed by atoms with Crippen LogP contribution in [0.4, 0.5) is 0 Å². The molecule has 18 heavy (non-hydrogen) atoms. The molecule has 0 aliphatic carbocycles. The summed E-state index contributed by atoms with van der Waals surface area (Å²) >= 11 is 5.55. The van der Waals surface area contributed by atoms with E-state index < -0.39 is 5.97 Å². The lowest BCUT2D eigenvalue weighted by molar-refractivity contribution is 0.0282. The van der Waals surface area contributed by atoms with E-state index in [0.717, 1.165) is 6.42 Å². The topological polar surface area (TPSA) is 70.5 Å². The van der Waals surface area contributed by atoms with Gasteiger partial charge in [0.15, 0.2) is 5.69 Å². The SMILES string of the molecule is COCCCOCCOC(=O)c1cnc(Cl)cn1. The van der Waals surface area contributed by atoms with Crippen LogP contribution in [0.1, 0.15) is 16.9 Å². The lowest BCUT2D eigenvalue weighted by Gasteiger charge is -2.05. The van der Waals surface area contributed by atoms with Crippen LogP contribution >= 0.6 is 11.6 Å². The lowest BCUT2D eigenvalue weighted by Crippen LogP contribution is -2.13. The number of esters is 1. The van der Waals surface area contributed by atoms with Gasteiger partial charge in [0.2, 0.25) is 0 Å². The number of ether oxygens (including phenoxy) is 3. The molecule has 0 unspecified atom stereocenters. The van der Waals surface area contributed by atoms with Gasteiger partial charge in [-0.2, -0.15) is 0 Å². The molecular formula is C11H15ClN2O4. The summed E-state index contributed by atoms with van der Waals surface area (Å²) in [6.45, 7) is 1.75. The van der Waals surface area contributed by atoms with Crippen molar-refractivity contribution < 1.29 is 19.0 Å². The van der Waals surface area contributed by atoms with Gasteiger partial charge in [0.25, 0.3) is 0 Å². The first-order chi connectivity index (χ1) is 8.74. The van der Waals surface area contributed by atoms with Gasteiger partial charge in [-0.25, -0.2) is 14.8 Å². The number of nitrogens with zero attached hydrogens (tertiary/aromatic N) is 2. The molecule has 1 aromatic rings. The molecule has 1 aromatic heterocycles. The monoisotopic (exact) mass is 274 g/mol. The average Bonchev–Trinajstić information content (AvgIpc) is 2.38. The Morgan fingerprint density at radius 2 is 2.06 bits per heavy atom. The van der Waals surface area contributed by atoms with Crippen LogP contribution in [0.2, 0.25) is 5.15 Å². The second kappa shape index (κ2) is 8.79. The molecule has 0 atom stereocenters. The van der Waals surface area contributed by atoms with E-state index in [4.69, 9.17) is 25.8 Å². The smallest absolute Gasteiger partial charge is 0.358 e. The molecule has 1 rings (SSSR count). The Bertz CT molecular complexity index is 359. The van der Waals surface area contributed by atoms with E-state index >= 15 is 0 Å². The second-order valence-corrected chi connectivity index (χ2v) is 3.71. The molecule has 0 aliphatic heterocycles. The van der Waals surface area contributed by atoms with Crippen molar-refractivity contribution >= 4 is 17.6 Å². The summed E-state index contributed by atoms with van der Waals surface area (Å²) in [7, 11) is 1.63. The molecular weight excluding hydrogens is 260 g/mol. The Labute approximate surface area is 110 Å². The van der Waals surface area contributed by atoms with Crippen LogP contribution in [0.25, 0.3) is 0 Å². The Morgan fingerprint density at radius 3 is 2.72 bits per heavy atom. The van der Waals surface area contributed by atoms with Crippen LogP contribution in [0.5, 0.6) is 0 Å². The molecule has 0 amide bonds. The van der Waals surface area contributed by atoms with Gasteiger partial charge in [-0.3, -0.25) is 0 Å². The second-order valence-electron chi connectivity index (χ2n) is 3.32. The highest BCUT2D eigenvalue weighted by atomic mass is 35.5. The minimum Gasteiger partial charge on any atom is -0.458 e. The molecule has 0 saturated heterocycles. The number of hydrogen-bond acceptors (Lipinski definition) is 6. The number of methoxy groups -OCH3 is 1. The van der Waals surface area contributed by atoms with Gasteiger partial charge in [-0.1, -0.05) is 11.6 Å². The highest BCUT2D eigenvalue weighted by Crippen LogP contribution is 2.02. The molecule has 0 spiro atoms. The number of rotatable bonds is 8. The summed E-state index contributed by atoms with van der Waals surface area (Å²) in [6, 6.07) is 0. The van der Waals surface area contributed by atoms with Crippen molar-refractivity contribution in [1.82, 2.24) is 9.97 Å². The van der Waals surface area contributed by atoms with Crippen LogP contribution in [-0.4, -0.2) is 49.5 Å². The number of hydrogen-bond donors (Lipinski definition) is 0. The third-order valence-electron chi connectivity index (χ3n) is 1.93. The summed E-state index contributed by atoms with van der Waals surface area (Å²) in [6.07, 6.45) is 3.37. The largest absolute Gasteiger partial charge is 0.458 e. The summed E-state index contributed by atoms with van der Waals surface area (Å²) in [5.41, 5.74) is 0.124. The predicted octanol–water partition coefficient (Wildman–Crippen LogP) is 1.34. The van der Waals surface area contributed by atoms with Crippen LogP contribution in [-0.2, 0) is 14.2 Å². The van der Waals surface area contributed by atoms with E-state index in [-0.39, 0.29) is 17.5 Å². The maximum absolute atomic E-state index is 11.4. The van der Waals surface area contributed by atoms with Crippen molar-refractivity contribution in [2.75, 3.05) is 33.5 Å². The van der Waals surface area contributed by atoms with E-state index in [1.54, 1.807) is 7.11 Å². The van der Waals surface area contributed by atoms with Gasteiger partial charge < -0.3 is 14.2 Å². The van der Waals surface area contributed by atoms with E-state index in [1.807, 2.05) is 0 Å². The van der Waals surface area contributed by atoms with E-state index in [9.17, 15) is 4.79 Å². The Kier molecular flexibility index (Phi) is 7.24. The van der Waals surface area contributed by atoms with Crippen LogP contribution in [0, 0.1) is 0 Å². The van der Waals surface area contributed by atoms with Crippen molar-refractivity contribution in [3.8, 4) is 0 Å². The van der Waals surface area contributed by atoms with Gasteiger partial charge in [0, 0.05) is 20.3 Å². The fourth-order valence-electron chi connectivity index (χ4n) is 1.09. The van der Waals surface area contributed by atoms with Gasteiger partial charge in [-0.15, -0.1) is 0 Å². The molecule has 0 bridgehead atoms. The van der Waals surface area contributed by atoms with Gasteiger partial charge in [-0.05, 0) is 6.42 Å². The number of carbonyl (C=O) groups excluding carboxylic acids is 1. The number of carbonyl (C=O) groups is 1. The molecule has 0 N–H and O–H groups in total. The minimum absolute atomic E-state index is 0.124. The van der Waals surface area contributed by atoms with Crippen molar-refractivity contribution in [3.05, 3.63) is 23.2 Å². The summed E-state index contributed by atoms with van der Waals surface area (Å²) in [4.78, 5) is 19.0. The van der Waals surface area contributed by atoms with Crippen molar-refractivity contribution in [2.45, 2.75) is 6.42 Å². The van der Waals surface area contributed by atoms with Crippen LogP contribution in [0.15, 0.2) is 12.4 Å². The Balaban J connectivity index is 2.12. The molecule has 7 heteroatoms. The van der Waals surface area contributed by atoms with E-state index in [1.165, 1.54) is 12.4 Å². The van der Waals surface area contributed by atoms with Gasteiger partial charge in [0.1, 0.15) is 11.8 Å². The average molecular weight is 275 g/mol. The molecule has 6 nitrogen and oxygen atoms in total. The zero-order valence-corrected chi connectivity index (χ0v) is 10.9. The van der Waals surface area contributed by atoms with Crippen molar-refractivity contribution in [2.24, 2.45) is 0 Å². The summed E-state index contributed by atoms with van der Waals surface area (Å²) in [5.74, 6) is -0.542. The fourth-order valence-corrected chi connectivity index (χ4v) is 1.19.